The number of hydrogen-bond donors (Lipinski definition) is 0. The maximum Gasteiger partial charge on any atom is 0.243 e. The number of aromatic nitrogens is 1. The van der Waals surface area contributed by atoms with Crippen LogP contribution >= 0.6 is 12.4 Å². The summed E-state index contributed by atoms with van der Waals surface area (Å²) in [6, 6.07) is 17.5. The van der Waals surface area contributed by atoms with E-state index in [0.29, 0.717) is 31.2 Å². The van der Waals surface area contributed by atoms with E-state index in [1.807, 2.05) is 18.2 Å². The summed E-state index contributed by atoms with van der Waals surface area (Å²) >= 11 is 0. The van der Waals surface area contributed by atoms with Crippen LogP contribution in [0.1, 0.15) is 6.92 Å². The maximum atomic E-state index is 13.0. The van der Waals surface area contributed by atoms with Gasteiger partial charge in [-0.3, -0.25) is 0 Å². The number of piperazine rings is 1. The van der Waals surface area contributed by atoms with E-state index in [4.69, 9.17) is 9.72 Å². The Morgan fingerprint density at radius 1 is 0.912 bits per heavy atom. The second-order valence-electron chi connectivity index (χ2n) is 8.51. The van der Waals surface area contributed by atoms with E-state index in [2.05, 4.69) is 41.0 Å². The summed E-state index contributed by atoms with van der Waals surface area (Å²) in [7, 11) is -3.51. The summed E-state index contributed by atoms with van der Waals surface area (Å²) in [6.07, 6.45) is 0. The van der Waals surface area contributed by atoms with Gasteiger partial charge in [0.25, 0.3) is 0 Å². The topological polar surface area (TPSA) is 66.0 Å². The third-order valence-electron chi connectivity index (χ3n) is 6.60. The van der Waals surface area contributed by atoms with E-state index in [1.54, 1.807) is 12.1 Å². The quantitative estimate of drug-likeness (QED) is 0.532. The number of sulfonamides is 1. The molecule has 0 aliphatic carbocycles. The number of benzene rings is 2. The van der Waals surface area contributed by atoms with Crippen molar-refractivity contribution in [2.75, 3.05) is 63.9 Å². The van der Waals surface area contributed by atoms with Gasteiger partial charge in [0, 0.05) is 50.2 Å². The fourth-order valence-electron chi connectivity index (χ4n) is 4.58. The molecule has 2 aliphatic rings. The minimum Gasteiger partial charge on any atom is -0.379 e. The van der Waals surface area contributed by atoms with Gasteiger partial charge in [-0.15, -0.1) is 12.4 Å². The molecule has 3 heterocycles. The zero-order chi connectivity index (χ0) is 22.8. The van der Waals surface area contributed by atoms with Crippen molar-refractivity contribution in [3.8, 4) is 11.3 Å². The maximum absolute atomic E-state index is 13.0. The monoisotopic (exact) mass is 502 g/mol. The molecule has 2 aliphatic heterocycles. The zero-order valence-corrected chi connectivity index (χ0v) is 21.0. The Morgan fingerprint density at radius 2 is 1.59 bits per heavy atom. The van der Waals surface area contributed by atoms with Crippen molar-refractivity contribution in [1.29, 1.82) is 0 Å². The average molecular weight is 503 g/mol. The Labute approximate surface area is 207 Å². The third kappa shape index (κ3) is 4.92. The lowest BCUT2D eigenvalue weighted by atomic mass is 10.1. The number of morpholine rings is 1. The molecule has 2 aromatic carbocycles. The Morgan fingerprint density at radius 3 is 2.26 bits per heavy atom. The molecule has 0 saturated carbocycles. The number of ether oxygens (including phenoxy) is 1. The van der Waals surface area contributed by atoms with Crippen molar-refractivity contribution in [2.24, 2.45) is 0 Å². The molecule has 2 fully saturated rings. The number of fused-ring (bicyclic) bond motifs is 1. The van der Waals surface area contributed by atoms with Crippen LogP contribution in [0.3, 0.4) is 0 Å². The van der Waals surface area contributed by atoms with E-state index in [-0.39, 0.29) is 12.4 Å². The zero-order valence-electron chi connectivity index (χ0n) is 19.4. The smallest absolute Gasteiger partial charge is 0.243 e. The molecule has 1 aromatic heterocycles. The first-order chi connectivity index (χ1) is 16.1. The fraction of sp³-hybridized carbons (Fsp3) is 0.400. The molecule has 0 atom stereocenters. The first-order valence-electron chi connectivity index (χ1n) is 11.6. The lowest BCUT2D eigenvalue weighted by Crippen LogP contribution is -2.46. The Kier molecular flexibility index (Phi) is 7.74. The van der Waals surface area contributed by atoms with Gasteiger partial charge in [-0.1, -0.05) is 43.3 Å². The number of halogens is 1. The normalized spacial score (nSPS) is 18.1. The lowest BCUT2D eigenvalue weighted by Gasteiger charge is -2.35. The first kappa shape index (κ1) is 24.9. The van der Waals surface area contributed by atoms with Gasteiger partial charge in [-0.25, -0.2) is 13.4 Å². The van der Waals surface area contributed by atoms with Crippen LogP contribution in [0.4, 0.5) is 5.82 Å². The van der Waals surface area contributed by atoms with Gasteiger partial charge in [-0.2, -0.15) is 4.31 Å². The number of hydrogen-bond acceptors (Lipinski definition) is 6. The Hall–Kier alpha value is -2.23. The summed E-state index contributed by atoms with van der Waals surface area (Å²) in [5, 5.41) is 2.29. The Balaban J connectivity index is 0.00000274. The second-order valence-corrected chi connectivity index (χ2v) is 10.5. The molecule has 7 nitrogen and oxygen atoms in total. The van der Waals surface area contributed by atoms with Gasteiger partial charge in [0.1, 0.15) is 5.82 Å². The van der Waals surface area contributed by atoms with Crippen LogP contribution in [0.15, 0.2) is 59.5 Å². The molecule has 182 valence electrons. The van der Waals surface area contributed by atoms with Crippen LogP contribution in [-0.2, 0) is 14.8 Å². The summed E-state index contributed by atoms with van der Waals surface area (Å²) in [5.74, 6) is 1.00. The van der Waals surface area contributed by atoms with Crippen molar-refractivity contribution < 1.29 is 13.2 Å². The van der Waals surface area contributed by atoms with Crippen LogP contribution < -0.4 is 4.90 Å². The number of nitrogens with zero attached hydrogens (tertiary/aromatic N) is 4. The minimum atomic E-state index is -3.51. The van der Waals surface area contributed by atoms with E-state index in [1.165, 1.54) is 4.31 Å². The highest BCUT2D eigenvalue weighted by atomic mass is 35.5. The van der Waals surface area contributed by atoms with Crippen LogP contribution in [0.2, 0.25) is 0 Å². The van der Waals surface area contributed by atoms with Crippen molar-refractivity contribution >= 4 is 39.0 Å². The first-order valence-corrected chi connectivity index (χ1v) is 13.1. The molecule has 3 aromatic rings. The van der Waals surface area contributed by atoms with Gasteiger partial charge in [-0.05, 0) is 30.1 Å². The summed E-state index contributed by atoms with van der Waals surface area (Å²) in [6.45, 7) is 8.90. The molecule has 34 heavy (non-hydrogen) atoms. The highest BCUT2D eigenvalue weighted by Crippen LogP contribution is 2.31. The van der Waals surface area contributed by atoms with Gasteiger partial charge in [0.05, 0.1) is 23.8 Å². The SMILES string of the molecule is CCN1CCN(c2nc(-c3ccc(S(=O)(=O)N4CCOCC4)cc3)cc3ccccc23)CC1.Cl. The third-order valence-corrected chi connectivity index (χ3v) is 8.51. The van der Waals surface area contributed by atoms with Crippen LogP contribution in [0, 0.1) is 0 Å². The summed E-state index contributed by atoms with van der Waals surface area (Å²) in [5.41, 5.74) is 1.77. The molecular formula is C25H31ClN4O3S. The Bertz CT molecular complexity index is 1220. The number of rotatable bonds is 5. The fourth-order valence-corrected chi connectivity index (χ4v) is 5.99. The molecule has 0 radical (unpaired) electrons. The van der Waals surface area contributed by atoms with E-state index < -0.39 is 10.0 Å². The molecule has 0 amide bonds. The molecule has 0 spiro atoms. The molecule has 9 heteroatoms. The molecule has 0 bridgehead atoms. The van der Waals surface area contributed by atoms with Crippen molar-refractivity contribution in [1.82, 2.24) is 14.2 Å². The minimum absolute atomic E-state index is 0. The van der Waals surface area contributed by atoms with E-state index in [0.717, 1.165) is 60.6 Å². The number of pyridine rings is 1. The molecule has 0 unspecified atom stereocenters. The van der Waals surface area contributed by atoms with Crippen LogP contribution in [-0.4, -0.2) is 81.6 Å². The summed E-state index contributed by atoms with van der Waals surface area (Å²) < 4.78 is 32.7. The van der Waals surface area contributed by atoms with Gasteiger partial charge in [0.2, 0.25) is 10.0 Å². The van der Waals surface area contributed by atoms with E-state index in [9.17, 15) is 8.42 Å². The predicted octanol–water partition coefficient (Wildman–Crippen LogP) is 3.49. The van der Waals surface area contributed by atoms with Crippen molar-refractivity contribution in [2.45, 2.75) is 11.8 Å². The average Bonchev–Trinajstić information content (AvgIpc) is 2.88. The highest BCUT2D eigenvalue weighted by molar-refractivity contribution is 7.89. The highest BCUT2D eigenvalue weighted by Gasteiger charge is 2.26. The molecule has 5 rings (SSSR count). The van der Waals surface area contributed by atoms with Crippen LogP contribution in [0.25, 0.3) is 22.0 Å². The molecule has 2 saturated heterocycles. The molecule has 0 N–H and O–H groups in total. The van der Waals surface area contributed by atoms with Crippen LogP contribution in [0.5, 0.6) is 0 Å². The largest absolute Gasteiger partial charge is 0.379 e. The van der Waals surface area contributed by atoms with Gasteiger partial charge < -0.3 is 14.5 Å². The summed E-state index contributed by atoms with van der Waals surface area (Å²) in [4.78, 5) is 10.2. The van der Waals surface area contributed by atoms with E-state index >= 15 is 0 Å². The van der Waals surface area contributed by atoms with Crippen molar-refractivity contribution in [3.63, 3.8) is 0 Å². The van der Waals surface area contributed by atoms with Crippen molar-refractivity contribution in [3.05, 3.63) is 54.6 Å². The lowest BCUT2D eigenvalue weighted by molar-refractivity contribution is 0.0730. The number of likely N-dealkylation sites (N-methyl/N-ethyl adjacent to an activating group) is 1. The number of anilines is 1. The second kappa shape index (κ2) is 10.6. The predicted molar refractivity (Wildman–Crippen MR) is 138 cm³/mol. The van der Waals surface area contributed by atoms with Gasteiger partial charge >= 0.3 is 0 Å². The standard InChI is InChI=1S/C25H30N4O3S.ClH/c1-2-27-11-13-28(14-12-27)25-23-6-4-3-5-21(23)19-24(26-25)20-7-9-22(10-8-20)33(30,31)29-15-17-32-18-16-29;/h3-10,19H,2,11-18H2,1H3;1H. The molecular weight excluding hydrogens is 472 g/mol. The van der Waals surface area contributed by atoms with Gasteiger partial charge in [0.15, 0.2) is 0 Å².